The lowest BCUT2D eigenvalue weighted by atomic mass is 9.22. The molecule has 3 fully saturated rings. The van der Waals surface area contributed by atoms with Crippen LogP contribution < -0.4 is 0 Å². The van der Waals surface area contributed by atoms with Crippen LogP contribution in [0.15, 0.2) is 0 Å². The van der Waals surface area contributed by atoms with Crippen molar-refractivity contribution in [3.05, 3.63) is 0 Å². The lowest BCUT2D eigenvalue weighted by Gasteiger charge is -2.59. The van der Waals surface area contributed by atoms with Crippen molar-refractivity contribution >= 4 is 6.71 Å². The van der Waals surface area contributed by atoms with Gasteiger partial charge in [0.25, 0.3) is 0 Å². The normalized spacial score (nSPS) is 40.9. The molecule has 1 saturated heterocycles. The molecule has 0 bridgehead atoms. The fourth-order valence-corrected chi connectivity index (χ4v) is 5.14. The van der Waals surface area contributed by atoms with Crippen LogP contribution in [0.3, 0.4) is 0 Å². The quantitative estimate of drug-likeness (QED) is 0.600. The first kappa shape index (κ1) is 11.2. The van der Waals surface area contributed by atoms with Crippen molar-refractivity contribution in [2.24, 2.45) is 23.2 Å². The van der Waals surface area contributed by atoms with Crippen LogP contribution in [-0.2, 0) is 0 Å². The molecule has 1 aliphatic heterocycles. The van der Waals surface area contributed by atoms with Crippen LogP contribution in [0.5, 0.6) is 0 Å². The van der Waals surface area contributed by atoms with Gasteiger partial charge in [-0.15, -0.1) is 0 Å². The van der Waals surface area contributed by atoms with E-state index in [9.17, 15) is 0 Å². The average Bonchev–Trinajstić information content (AvgIpc) is 2.58. The van der Waals surface area contributed by atoms with E-state index < -0.39 is 0 Å². The van der Waals surface area contributed by atoms with Gasteiger partial charge in [0.15, 0.2) is 0 Å². The molecule has 3 unspecified atom stereocenters. The zero-order valence-electron chi connectivity index (χ0n) is 11.2. The number of hydrogen-bond donors (Lipinski definition) is 0. The van der Waals surface area contributed by atoms with Crippen molar-refractivity contribution < 1.29 is 0 Å². The second kappa shape index (κ2) is 4.07. The van der Waals surface area contributed by atoms with Crippen LogP contribution in [0.1, 0.15) is 51.9 Å². The molecule has 90 valence electrons. The van der Waals surface area contributed by atoms with Crippen molar-refractivity contribution in [1.82, 2.24) is 0 Å². The monoisotopic (exact) mass is 218 g/mol. The fourth-order valence-electron chi connectivity index (χ4n) is 5.14. The topological polar surface area (TPSA) is 0 Å². The predicted molar refractivity (Wildman–Crippen MR) is 72.1 cm³/mol. The summed E-state index contributed by atoms with van der Waals surface area (Å²) in [7, 11) is 0. The molecule has 3 atom stereocenters. The number of hydrogen-bond acceptors (Lipinski definition) is 0. The summed E-state index contributed by atoms with van der Waals surface area (Å²) in [5.74, 6) is 3.27. The van der Waals surface area contributed by atoms with Crippen molar-refractivity contribution in [2.45, 2.75) is 71.3 Å². The first-order chi connectivity index (χ1) is 7.70. The Labute approximate surface area is 102 Å². The molecule has 2 aliphatic carbocycles. The third-order valence-electron chi connectivity index (χ3n) is 6.29. The Morgan fingerprint density at radius 2 is 1.94 bits per heavy atom. The maximum Gasteiger partial charge on any atom is 0.137 e. The molecule has 0 N–H and O–H groups in total. The maximum atomic E-state index is 2.49. The SMILES string of the molecule is CB1CC2(CCC2CCC2CCCC2C)C1. The van der Waals surface area contributed by atoms with Crippen LogP contribution in [-0.4, -0.2) is 6.71 Å². The fraction of sp³-hybridized carbons (Fsp3) is 1.00. The van der Waals surface area contributed by atoms with Gasteiger partial charge in [0.2, 0.25) is 0 Å². The van der Waals surface area contributed by atoms with E-state index in [4.69, 9.17) is 0 Å². The Balaban J connectivity index is 1.46. The summed E-state index contributed by atoms with van der Waals surface area (Å²) in [5.41, 5.74) is 0.876. The standard InChI is InChI=1S/C15H27B/c1-12-4-3-5-13(12)6-7-14-8-9-15(14)10-16(2)11-15/h12-14H,3-11H2,1-2H3. The Morgan fingerprint density at radius 1 is 1.12 bits per heavy atom. The first-order valence-corrected chi connectivity index (χ1v) is 7.70. The van der Waals surface area contributed by atoms with E-state index in [1.54, 1.807) is 38.3 Å². The third kappa shape index (κ3) is 1.75. The molecule has 3 rings (SSSR count). The second-order valence-electron chi connectivity index (χ2n) is 7.36. The van der Waals surface area contributed by atoms with Crippen LogP contribution in [0.2, 0.25) is 19.5 Å². The van der Waals surface area contributed by atoms with Crippen LogP contribution in [0.4, 0.5) is 0 Å². The van der Waals surface area contributed by atoms with E-state index in [-0.39, 0.29) is 0 Å². The highest BCUT2D eigenvalue weighted by Crippen LogP contribution is 2.62. The van der Waals surface area contributed by atoms with Gasteiger partial charge in [-0.1, -0.05) is 45.6 Å². The van der Waals surface area contributed by atoms with Gasteiger partial charge >= 0.3 is 0 Å². The van der Waals surface area contributed by atoms with Crippen molar-refractivity contribution in [1.29, 1.82) is 0 Å². The van der Waals surface area contributed by atoms with Crippen molar-refractivity contribution in [3.8, 4) is 0 Å². The smallest absolute Gasteiger partial charge is 0.0860 e. The molecule has 1 heteroatoms. The molecule has 16 heavy (non-hydrogen) atoms. The molecule has 0 aromatic carbocycles. The van der Waals surface area contributed by atoms with Gasteiger partial charge < -0.3 is 0 Å². The summed E-state index contributed by atoms with van der Waals surface area (Å²) in [4.78, 5) is 0. The lowest BCUT2D eigenvalue weighted by molar-refractivity contribution is 0.0374. The largest absolute Gasteiger partial charge is 0.137 e. The highest BCUT2D eigenvalue weighted by molar-refractivity contribution is 6.61. The Hall–Kier alpha value is 0.0649. The van der Waals surface area contributed by atoms with E-state index >= 15 is 0 Å². The van der Waals surface area contributed by atoms with Crippen molar-refractivity contribution in [2.75, 3.05) is 0 Å². The van der Waals surface area contributed by atoms with E-state index in [1.807, 2.05) is 0 Å². The minimum atomic E-state index is 0.876. The van der Waals surface area contributed by atoms with E-state index in [2.05, 4.69) is 13.7 Å². The minimum absolute atomic E-state index is 0.876. The van der Waals surface area contributed by atoms with Gasteiger partial charge in [-0.05, 0) is 48.9 Å². The molecule has 2 saturated carbocycles. The zero-order chi connectivity index (χ0) is 11.2. The molecule has 3 aliphatic rings. The van der Waals surface area contributed by atoms with E-state index in [1.165, 1.54) is 19.3 Å². The van der Waals surface area contributed by atoms with Gasteiger partial charge in [-0.25, -0.2) is 0 Å². The summed E-state index contributed by atoms with van der Waals surface area (Å²) < 4.78 is 0. The van der Waals surface area contributed by atoms with Crippen LogP contribution in [0, 0.1) is 23.2 Å². The molecule has 1 spiro atoms. The summed E-state index contributed by atoms with van der Waals surface area (Å²) in [6, 6.07) is 0. The highest BCUT2D eigenvalue weighted by Gasteiger charge is 2.53. The molecule has 0 aromatic rings. The minimum Gasteiger partial charge on any atom is -0.0860 e. The van der Waals surface area contributed by atoms with E-state index in [0.717, 1.165) is 29.9 Å². The zero-order valence-corrected chi connectivity index (χ0v) is 11.2. The van der Waals surface area contributed by atoms with Gasteiger partial charge in [0.1, 0.15) is 6.71 Å². The molecule has 0 radical (unpaired) electrons. The molecule has 1 heterocycles. The van der Waals surface area contributed by atoms with Gasteiger partial charge in [0.05, 0.1) is 0 Å². The molecular weight excluding hydrogens is 191 g/mol. The number of rotatable bonds is 3. The van der Waals surface area contributed by atoms with E-state index in [0.29, 0.717) is 0 Å². The van der Waals surface area contributed by atoms with Gasteiger partial charge in [-0.2, -0.15) is 0 Å². The lowest BCUT2D eigenvalue weighted by Crippen LogP contribution is -2.52. The van der Waals surface area contributed by atoms with Gasteiger partial charge in [-0.3, -0.25) is 0 Å². The average molecular weight is 218 g/mol. The Bertz CT molecular complexity index is 254. The Kier molecular flexibility index (Phi) is 2.84. The van der Waals surface area contributed by atoms with Crippen LogP contribution >= 0.6 is 0 Å². The molecular formula is C15H27B. The Morgan fingerprint density at radius 3 is 2.44 bits per heavy atom. The first-order valence-electron chi connectivity index (χ1n) is 7.70. The molecule has 0 nitrogen and oxygen atoms in total. The summed E-state index contributed by atoms with van der Waals surface area (Å²) in [6.45, 7) is 5.98. The summed E-state index contributed by atoms with van der Waals surface area (Å²) in [6.07, 6.45) is 14.0. The third-order valence-corrected chi connectivity index (χ3v) is 6.29. The van der Waals surface area contributed by atoms with Crippen molar-refractivity contribution in [3.63, 3.8) is 0 Å². The predicted octanol–water partition coefficient (Wildman–Crippen LogP) is 4.74. The van der Waals surface area contributed by atoms with Gasteiger partial charge in [0, 0.05) is 0 Å². The summed E-state index contributed by atoms with van der Waals surface area (Å²) in [5, 5.41) is 0. The van der Waals surface area contributed by atoms with Crippen LogP contribution in [0.25, 0.3) is 0 Å². The highest BCUT2D eigenvalue weighted by atomic mass is 14.5. The molecule has 0 aromatic heterocycles. The summed E-state index contributed by atoms with van der Waals surface area (Å²) >= 11 is 0. The maximum absolute atomic E-state index is 2.49. The molecule has 0 amide bonds. The second-order valence-corrected chi connectivity index (χ2v) is 7.36.